The fraction of sp³-hybridized carbons (Fsp3) is 0.462. The van der Waals surface area contributed by atoms with Crippen molar-refractivity contribution in [3.05, 3.63) is 29.3 Å². The monoisotopic (exact) mass is 236 g/mol. The van der Waals surface area contributed by atoms with Crippen LogP contribution in [0.15, 0.2) is 18.2 Å². The van der Waals surface area contributed by atoms with Crippen molar-refractivity contribution < 1.29 is 19.0 Å². The Morgan fingerprint density at radius 3 is 2.82 bits per heavy atom. The SMILES string of the molecule is COC(=O)c1cccc(C2CCOC2)c1OC. The Hall–Kier alpha value is -1.55. The molecule has 1 aromatic rings. The average molecular weight is 236 g/mol. The molecule has 1 aromatic carbocycles. The molecule has 0 saturated carbocycles. The van der Waals surface area contributed by atoms with Crippen LogP contribution in [0.3, 0.4) is 0 Å². The molecule has 1 saturated heterocycles. The van der Waals surface area contributed by atoms with Crippen molar-refractivity contribution in [1.29, 1.82) is 0 Å². The van der Waals surface area contributed by atoms with E-state index in [1.54, 1.807) is 13.2 Å². The number of carbonyl (C=O) groups is 1. The molecule has 4 nitrogen and oxygen atoms in total. The summed E-state index contributed by atoms with van der Waals surface area (Å²) in [5.41, 5.74) is 1.49. The Bertz CT molecular complexity index is 408. The molecular formula is C13H16O4. The molecule has 92 valence electrons. The van der Waals surface area contributed by atoms with Crippen molar-refractivity contribution in [1.82, 2.24) is 0 Å². The van der Waals surface area contributed by atoms with Crippen LogP contribution in [0, 0.1) is 0 Å². The zero-order valence-corrected chi connectivity index (χ0v) is 10.1. The molecule has 1 atom stereocenters. The summed E-state index contributed by atoms with van der Waals surface area (Å²) in [6.45, 7) is 1.44. The van der Waals surface area contributed by atoms with Gasteiger partial charge in [0.15, 0.2) is 0 Å². The summed E-state index contributed by atoms with van der Waals surface area (Å²) in [7, 11) is 2.94. The van der Waals surface area contributed by atoms with Gasteiger partial charge in [0, 0.05) is 18.1 Å². The van der Waals surface area contributed by atoms with Crippen LogP contribution < -0.4 is 4.74 Å². The lowest BCUT2D eigenvalue weighted by atomic mass is 9.95. The molecule has 1 aliphatic rings. The van der Waals surface area contributed by atoms with E-state index in [2.05, 4.69) is 0 Å². The van der Waals surface area contributed by atoms with E-state index in [0.717, 1.165) is 18.6 Å². The maximum absolute atomic E-state index is 11.6. The fourth-order valence-corrected chi connectivity index (χ4v) is 2.15. The zero-order chi connectivity index (χ0) is 12.3. The van der Waals surface area contributed by atoms with Gasteiger partial charge in [-0.25, -0.2) is 4.79 Å². The van der Waals surface area contributed by atoms with Gasteiger partial charge in [-0.1, -0.05) is 12.1 Å². The van der Waals surface area contributed by atoms with E-state index in [1.807, 2.05) is 12.1 Å². The van der Waals surface area contributed by atoms with E-state index in [1.165, 1.54) is 7.11 Å². The molecule has 4 heteroatoms. The highest BCUT2D eigenvalue weighted by Gasteiger charge is 2.24. The summed E-state index contributed by atoms with van der Waals surface area (Å²) in [6, 6.07) is 5.54. The van der Waals surface area contributed by atoms with Gasteiger partial charge in [0.1, 0.15) is 11.3 Å². The number of methoxy groups -OCH3 is 2. The number of hydrogen-bond acceptors (Lipinski definition) is 4. The van der Waals surface area contributed by atoms with E-state index < -0.39 is 0 Å². The minimum atomic E-state index is -0.373. The molecule has 0 radical (unpaired) electrons. The first-order valence-electron chi connectivity index (χ1n) is 5.61. The van der Waals surface area contributed by atoms with E-state index in [0.29, 0.717) is 23.8 Å². The Morgan fingerprint density at radius 1 is 1.41 bits per heavy atom. The largest absolute Gasteiger partial charge is 0.496 e. The van der Waals surface area contributed by atoms with Crippen molar-refractivity contribution in [2.24, 2.45) is 0 Å². The van der Waals surface area contributed by atoms with Crippen LogP contribution in [0.1, 0.15) is 28.3 Å². The van der Waals surface area contributed by atoms with Crippen molar-refractivity contribution in [3.8, 4) is 5.75 Å². The van der Waals surface area contributed by atoms with Crippen molar-refractivity contribution in [3.63, 3.8) is 0 Å². The first-order valence-corrected chi connectivity index (χ1v) is 5.61. The van der Waals surface area contributed by atoms with Crippen LogP contribution in [0.25, 0.3) is 0 Å². The van der Waals surface area contributed by atoms with Gasteiger partial charge in [0.2, 0.25) is 0 Å². The lowest BCUT2D eigenvalue weighted by Gasteiger charge is -2.15. The van der Waals surface area contributed by atoms with Gasteiger partial charge in [-0.3, -0.25) is 0 Å². The molecule has 0 amide bonds. The molecule has 1 fully saturated rings. The molecule has 0 aliphatic carbocycles. The Morgan fingerprint density at radius 2 is 2.24 bits per heavy atom. The summed E-state index contributed by atoms with van der Waals surface area (Å²) in [5, 5.41) is 0. The summed E-state index contributed by atoms with van der Waals surface area (Å²) < 4.78 is 15.5. The maximum atomic E-state index is 11.6. The first-order chi connectivity index (χ1) is 8.27. The normalized spacial score (nSPS) is 19.1. The number of carbonyl (C=O) groups excluding carboxylic acids is 1. The van der Waals surface area contributed by atoms with Crippen LogP contribution >= 0.6 is 0 Å². The second kappa shape index (κ2) is 5.19. The average Bonchev–Trinajstić information content (AvgIpc) is 2.90. The molecular weight excluding hydrogens is 220 g/mol. The van der Waals surface area contributed by atoms with E-state index in [4.69, 9.17) is 14.2 Å². The molecule has 1 unspecified atom stereocenters. The number of rotatable bonds is 3. The molecule has 0 aromatic heterocycles. The smallest absolute Gasteiger partial charge is 0.341 e. The Balaban J connectivity index is 2.41. The van der Waals surface area contributed by atoms with Crippen LogP contribution in [0.2, 0.25) is 0 Å². The highest BCUT2D eigenvalue weighted by molar-refractivity contribution is 5.93. The standard InChI is InChI=1S/C13H16O4/c1-15-12-10(9-6-7-17-8-9)4-3-5-11(12)13(14)16-2/h3-5,9H,6-8H2,1-2H3. The van der Waals surface area contributed by atoms with Gasteiger partial charge >= 0.3 is 5.97 Å². The minimum absolute atomic E-state index is 0.301. The second-order valence-electron chi connectivity index (χ2n) is 3.98. The number of hydrogen-bond donors (Lipinski definition) is 0. The third kappa shape index (κ3) is 2.26. The van der Waals surface area contributed by atoms with Crippen molar-refractivity contribution in [2.45, 2.75) is 12.3 Å². The fourth-order valence-electron chi connectivity index (χ4n) is 2.15. The van der Waals surface area contributed by atoms with Crippen LogP contribution in [0.4, 0.5) is 0 Å². The van der Waals surface area contributed by atoms with Gasteiger partial charge in [-0.05, 0) is 12.5 Å². The number of esters is 1. The summed E-state index contributed by atoms with van der Waals surface area (Å²) in [4.78, 5) is 11.6. The third-order valence-corrected chi connectivity index (χ3v) is 3.02. The van der Waals surface area contributed by atoms with E-state index >= 15 is 0 Å². The Labute approximate surface area is 100 Å². The molecule has 0 N–H and O–H groups in total. The highest BCUT2D eigenvalue weighted by Crippen LogP contribution is 2.34. The van der Waals surface area contributed by atoms with Gasteiger partial charge in [0.05, 0.1) is 20.8 Å². The zero-order valence-electron chi connectivity index (χ0n) is 10.1. The summed E-state index contributed by atoms with van der Waals surface area (Å²) in [6.07, 6.45) is 0.959. The molecule has 0 spiro atoms. The second-order valence-corrected chi connectivity index (χ2v) is 3.98. The van der Waals surface area contributed by atoms with Gasteiger partial charge in [-0.2, -0.15) is 0 Å². The van der Waals surface area contributed by atoms with E-state index in [9.17, 15) is 4.79 Å². The molecule has 1 heterocycles. The van der Waals surface area contributed by atoms with Gasteiger partial charge < -0.3 is 14.2 Å². The minimum Gasteiger partial charge on any atom is -0.496 e. The molecule has 0 bridgehead atoms. The van der Waals surface area contributed by atoms with Crippen LogP contribution in [-0.4, -0.2) is 33.4 Å². The predicted octanol–water partition coefficient (Wildman–Crippen LogP) is 1.99. The predicted molar refractivity (Wildman–Crippen MR) is 62.5 cm³/mol. The maximum Gasteiger partial charge on any atom is 0.341 e. The van der Waals surface area contributed by atoms with E-state index in [-0.39, 0.29) is 5.97 Å². The highest BCUT2D eigenvalue weighted by atomic mass is 16.5. The number of benzene rings is 1. The van der Waals surface area contributed by atoms with Crippen LogP contribution in [-0.2, 0) is 9.47 Å². The lowest BCUT2D eigenvalue weighted by molar-refractivity contribution is 0.0596. The summed E-state index contributed by atoms with van der Waals surface area (Å²) in [5.74, 6) is 0.534. The number of para-hydroxylation sites is 1. The van der Waals surface area contributed by atoms with Crippen molar-refractivity contribution in [2.75, 3.05) is 27.4 Å². The third-order valence-electron chi connectivity index (χ3n) is 3.02. The topological polar surface area (TPSA) is 44.8 Å². The first kappa shape index (κ1) is 11.9. The quantitative estimate of drug-likeness (QED) is 0.753. The molecule has 17 heavy (non-hydrogen) atoms. The van der Waals surface area contributed by atoms with Crippen LogP contribution in [0.5, 0.6) is 5.75 Å². The number of ether oxygens (including phenoxy) is 3. The molecule has 2 rings (SSSR count). The summed E-state index contributed by atoms with van der Waals surface area (Å²) >= 11 is 0. The van der Waals surface area contributed by atoms with Gasteiger partial charge in [0.25, 0.3) is 0 Å². The van der Waals surface area contributed by atoms with Gasteiger partial charge in [-0.15, -0.1) is 0 Å². The lowest BCUT2D eigenvalue weighted by Crippen LogP contribution is -2.08. The molecule has 1 aliphatic heterocycles. The van der Waals surface area contributed by atoms with Crippen molar-refractivity contribution >= 4 is 5.97 Å². The Kier molecular flexibility index (Phi) is 3.64.